The molecule has 0 aromatic heterocycles. The lowest BCUT2D eigenvalue weighted by molar-refractivity contribution is -0.670. The van der Waals surface area contributed by atoms with Crippen LogP contribution in [0.1, 0.15) is 11.1 Å². The van der Waals surface area contributed by atoms with Crippen LogP contribution in [0.5, 0.6) is 5.75 Å². The summed E-state index contributed by atoms with van der Waals surface area (Å²) >= 11 is 0. The molecule has 2 rings (SSSR count). The molecule has 0 heterocycles. The van der Waals surface area contributed by atoms with Gasteiger partial charge in [0.05, 0.1) is 6.54 Å². The second-order valence-corrected chi connectivity index (χ2v) is 4.65. The lowest BCUT2D eigenvalue weighted by Crippen LogP contribution is -2.83. The van der Waals surface area contributed by atoms with E-state index in [0.717, 1.165) is 25.3 Å². The van der Waals surface area contributed by atoms with Gasteiger partial charge in [0.2, 0.25) is 0 Å². The number of terminal acetylenes is 1. The zero-order chi connectivity index (χ0) is 14.0. The van der Waals surface area contributed by atoms with Gasteiger partial charge in [-0.2, -0.15) is 0 Å². The van der Waals surface area contributed by atoms with Gasteiger partial charge in [-0.3, -0.25) is 0 Å². The lowest BCUT2D eigenvalue weighted by atomic mass is 10.1. The summed E-state index contributed by atoms with van der Waals surface area (Å²) in [6.07, 6.45) is 6.26. The summed E-state index contributed by atoms with van der Waals surface area (Å²) in [7, 11) is 0. The van der Waals surface area contributed by atoms with E-state index in [0.29, 0.717) is 6.61 Å². The Morgan fingerprint density at radius 2 is 1.70 bits per heavy atom. The van der Waals surface area contributed by atoms with E-state index >= 15 is 0 Å². The van der Waals surface area contributed by atoms with Crippen molar-refractivity contribution in [3.05, 3.63) is 65.7 Å². The number of benzene rings is 2. The van der Waals surface area contributed by atoms with E-state index in [9.17, 15) is 0 Å². The molecule has 2 aromatic carbocycles. The smallest absolute Gasteiger partial charge is 0.148 e. The molecule has 0 saturated carbocycles. The van der Waals surface area contributed by atoms with Crippen molar-refractivity contribution in [2.24, 2.45) is 0 Å². The molecule has 0 atom stereocenters. The van der Waals surface area contributed by atoms with Gasteiger partial charge in [0.25, 0.3) is 0 Å². The normalized spacial score (nSPS) is 9.95. The summed E-state index contributed by atoms with van der Waals surface area (Å²) in [4.78, 5) is 0. The van der Waals surface area contributed by atoms with Gasteiger partial charge in [0.1, 0.15) is 18.9 Å². The minimum atomic E-state index is 0.322. The molecule has 0 bridgehead atoms. The number of rotatable bonds is 7. The van der Waals surface area contributed by atoms with Crippen molar-refractivity contribution in [3.63, 3.8) is 0 Å². The van der Waals surface area contributed by atoms with Crippen LogP contribution in [0, 0.1) is 12.3 Å². The molecule has 102 valence electrons. The zero-order valence-electron chi connectivity index (χ0n) is 11.6. The largest absolute Gasteiger partial charge is 0.481 e. The minimum absolute atomic E-state index is 0.322. The Bertz CT molecular complexity index is 540. The number of quaternary nitrogens is 1. The molecule has 0 aliphatic carbocycles. The first-order valence-corrected chi connectivity index (χ1v) is 6.89. The van der Waals surface area contributed by atoms with Crippen molar-refractivity contribution in [2.45, 2.75) is 13.0 Å². The average molecular weight is 266 g/mol. The van der Waals surface area contributed by atoms with Crippen molar-refractivity contribution in [3.8, 4) is 18.1 Å². The van der Waals surface area contributed by atoms with Gasteiger partial charge in [0, 0.05) is 12.0 Å². The number of hydrogen-bond donors (Lipinski definition) is 1. The molecule has 20 heavy (non-hydrogen) atoms. The summed E-state index contributed by atoms with van der Waals surface area (Å²) in [5.74, 6) is 3.29. The molecular weight excluding hydrogens is 246 g/mol. The maximum absolute atomic E-state index is 5.35. The molecule has 0 unspecified atom stereocenters. The van der Waals surface area contributed by atoms with E-state index in [1.54, 1.807) is 0 Å². The fourth-order valence-electron chi connectivity index (χ4n) is 2.03. The molecule has 0 saturated heterocycles. The molecule has 0 radical (unpaired) electrons. The van der Waals surface area contributed by atoms with Gasteiger partial charge in [-0.25, -0.2) is 0 Å². The summed E-state index contributed by atoms with van der Waals surface area (Å²) < 4.78 is 5.35. The summed E-state index contributed by atoms with van der Waals surface area (Å²) in [5, 5.41) is 2.32. The number of ether oxygens (including phenoxy) is 1. The van der Waals surface area contributed by atoms with Crippen molar-refractivity contribution in [2.75, 3.05) is 13.2 Å². The van der Waals surface area contributed by atoms with Crippen LogP contribution < -0.4 is 10.1 Å². The predicted molar refractivity (Wildman–Crippen MR) is 81.4 cm³/mol. The number of nitrogens with two attached hydrogens (primary N) is 1. The van der Waals surface area contributed by atoms with Gasteiger partial charge in [-0.1, -0.05) is 36.3 Å². The van der Waals surface area contributed by atoms with Crippen LogP contribution in [0.4, 0.5) is 0 Å². The Labute approximate surface area is 120 Å². The Morgan fingerprint density at radius 1 is 0.950 bits per heavy atom. The second-order valence-electron chi connectivity index (χ2n) is 4.65. The first-order valence-electron chi connectivity index (χ1n) is 6.89. The highest BCUT2D eigenvalue weighted by Crippen LogP contribution is 2.11. The van der Waals surface area contributed by atoms with Crippen molar-refractivity contribution < 1.29 is 10.1 Å². The van der Waals surface area contributed by atoms with E-state index in [2.05, 4.69) is 53.7 Å². The zero-order valence-corrected chi connectivity index (χ0v) is 11.6. The van der Waals surface area contributed by atoms with Crippen LogP contribution in [0.2, 0.25) is 0 Å². The van der Waals surface area contributed by atoms with Gasteiger partial charge < -0.3 is 10.1 Å². The maximum Gasteiger partial charge on any atom is 0.148 e. The third-order valence-electron chi connectivity index (χ3n) is 3.11. The molecule has 2 nitrogen and oxygen atoms in total. The monoisotopic (exact) mass is 266 g/mol. The fraction of sp³-hybridized carbons (Fsp3) is 0.222. The third kappa shape index (κ3) is 4.79. The summed E-state index contributed by atoms with van der Waals surface area (Å²) in [6.45, 7) is 2.41. The standard InChI is InChI=1S/C18H19NO/c1-2-14-20-18-10-8-17(9-11-18)15-19-13-12-16-6-4-3-5-7-16/h1,3-11,19H,12-15H2/p+1. The second kappa shape index (κ2) is 8.04. The molecule has 0 spiro atoms. The fourth-order valence-corrected chi connectivity index (χ4v) is 2.03. The predicted octanol–water partition coefficient (Wildman–Crippen LogP) is 2.00. The SMILES string of the molecule is C#CCOc1ccc(C[NH2+]CCc2ccccc2)cc1. The molecular formula is C18H20NO+. The lowest BCUT2D eigenvalue weighted by Gasteiger charge is -2.05. The first kappa shape index (κ1) is 14.2. The van der Waals surface area contributed by atoms with Gasteiger partial charge in [0.15, 0.2) is 0 Å². The van der Waals surface area contributed by atoms with Crippen molar-refractivity contribution in [1.82, 2.24) is 0 Å². The third-order valence-corrected chi connectivity index (χ3v) is 3.11. The first-order chi connectivity index (χ1) is 9.88. The van der Waals surface area contributed by atoms with Gasteiger partial charge >= 0.3 is 0 Å². The molecule has 0 aliphatic rings. The van der Waals surface area contributed by atoms with Crippen molar-refractivity contribution >= 4 is 0 Å². The van der Waals surface area contributed by atoms with Crippen LogP contribution in [-0.2, 0) is 13.0 Å². The summed E-state index contributed by atoms with van der Waals surface area (Å²) in [5.41, 5.74) is 2.69. The van der Waals surface area contributed by atoms with Gasteiger partial charge in [-0.15, -0.1) is 6.42 Å². The maximum atomic E-state index is 5.35. The molecule has 0 amide bonds. The van der Waals surface area contributed by atoms with E-state index in [1.807, 2.05) is 12.1 Å². The number of hydrogen-bond acceptors (Lipinski definition) is 1. The molecule has 0 aliphatic heterocycles. The molecule has 0 fully saturated rings. The van der Waals surface area contributed by atoms with Crippen LogP contribution >= 0.6 is 0 Å². The van der Waals surface area contributed by atoms with Crippen LogP contribution in [0.25, 0.3) is 0 Å². The van der Waals surface area contributed by atoms with Gasteiger partial charge in [-0.05, 0) is 29.8 Å². The van der Waals surface area contributed by atoms with Crippen LogP contribution in [0.15, 0.2) is 54.6 Å². The highest BCUT2D eigenvalue weighted by molar-refractivity contribution is 5.27. The Hall–Kier alpha value is -2.24. The van der Waals surface area contributed by atoms with E-state index in [-0.39, 0.29) is 0 Å². The topological polar surface area (TPSA) is 25.8 Å². The van der Waals surface area contributed by atoms with E-state index < -0.39 is 0 Å². The minimum Gasteiger partial charge on any atom is -0.481 e. The van der Waals surface area contributed by atoms with Crippen LogP contribution in [0.3, 0.4) is 0 Å². The van der Waals surface area contributed by atoms with Crippen LogP contribution in [-0.4, -0.2) is 13.2 Å². The van der Waals surface area contributed by atoms with E-state index in [1.165, 1.54) is 11.1 Å². The summed E-state index contributed by atoms with van der Waals surface area (Å²) in [6, 6.07) is 18.7. The highest BCUT2D eigenvalue weighted by atomic mass is 16.5. The van der Waals surface area contributed by atoms with Crippen molar-refractivity contribution in [1.29, 1.82) is 0 Å². The Balaban J connectivity index is 1.70. The molecule has 2 aromatic rings. The Kier molecular flexibility index (Phi) is 5.70. The highest BCUT2D eigenvalue weighted by Gasteiger charge is 1.98. The van der Waals surface area contributed by atoms with E-state index in [4.69, 9.17) is 11.2 Å². The molecule has 2 heteroatoms. The average Bonchev–Trinajstić information content (AvgIpc) is 2.52. The Morgan fingerprint density at radius 3 is 2.40 bits per heavy atom. The molecule has 2 N–H and O–H groups in total. The quantitative estimate of drug-likeness (QED) is 0.602.